The van der Waals surface area contributed by atoms with E-state index in [2.05, 4.69) is 5.32 Å². The Morgan fingerprint density at radius 3 is 2.02 bits per heavy atom. The van der Waals surface area contributed by atoms with E-state index in [0.29, 0.717) is 30.5 Å². The van der Waals surface area contributed by atoms with Gasteiger partial charge in [-0.25, -0.2) is 4.79 Å². The van der Waals surface area contributed by atoms with Crippen molar-refractivity contribution < 1.29 is 39.0 Å². The van der Waals surface area contributed by atoms with Gasteiger partial charge >= 0.3 is 6.09 Å². The normalized spacial score (nSPS) is 18.8. The number of hydrogen-bond donors (Lipinski definition) is 3. The second-order valence-corrected chi connectivity index (χ2v) is 13.9. The van der Waals surface area contributed by atoms with Crippen molar-refractivity contribution in [3.63, 3.8) is 0 Å². The highest BCUT2D eigenvalue weighted by Crippen LogP contribution is 2.32. The van der Waals surface area contributed by atoms with Crippen LogP contribution in [0, 0.1) is 0 Å². The van der Waals surface area contributed by atoms with Crippen molar-refractivity contribution in [1.29, 1.82) is 0 Å². The number of rotatable bonds is 15. The molecule has 2 heterocycles. The summed E-state index contributed by atoms with van der Waals surface area (Å²) in [6.07, 6.45) is 0.192. The minimum atomic E-state index is -1.15. The minimum absolute atomic E-state index is 0.0385. The zero-order chi connectivity index (χ0) is 38.7. The fourth-order valence-corrected chi connectivity index (χ4v) is 7.08. The molecule has 0 spiro atoms. The molecule has 4 amide bonds. The standard InChI is InChI=1S/C43H48N4O8/c1-2-3-10-25-54-43(53)47-39-29-45(36(26-32-15-19-34(48)20-16-32)40(50)44-24-23-30-11-6-4-7-12-30)41(51)37(27-33-17-21-35(49)22-18-33)46(39)42(52)38(55-47)28-31-13-8-5-9-14-31/h4-9,11-22,36-39,48-49H,2-3,10,23-29H2,1H3,(H,44,50)/t36-,37-,38+,39?/m0/s1. The van der Waals surface area contributed by atoms with Gasteiger partial charge in [0.25, 0.3) is 5.91 Å². The van der Waals surface area contributed by atoms with Gasteiger partial charge < -0.3 is 30.1 Å². The highest BCUT2D eigenvalue weighted by atomic mass is 16.7. The molecule has 1 unspecified atom stereocenters. The molecule has 55 heavy (non-hydrogen) atoms. The number of hydrogen-bond acceptors (Lipinski definition) is 8. The first kappa shape index (κ1) is 38.8. The van der Waals surface area contributed by atoms with Crippen LogP contribution in [-0.4, -0.2) is 92.9 Å². The summed E-state index contributed by atoms with van der Waals surface area (Å²) < 4.78 is 5.69. The molecular weight excluding hydrogens is 700 g/mol. The van der Waals surface area contributed by atoms with E-state index >= 15 is 0 Å². The Balaban J connectivity index is 1.37. The van der Waals surface area contributed by atoms with E-state index in [0.717, 1.165) is 29.0 Å². The smallest absolute Gasteiger partial charge is 0.436 e. The number of carbonyl (C=O) groups excluding carboxylic acids is 4. The lowest BCUT2D eigenvalue weighted by Gasteiger charge is -2.53. The van der Waals surface area contributed by atoms with Crippen molar-refractivity contribution in [2.24, 2.45) is 0 Å². The van der Waals surface area contributed by atoms with Gasteiger partial charge in [0.2, 0.25) is 11.8 Å². The number of phenolic OH excluding ortho intramolecular Hbond substituents is 2. The number of nitrogens with one attached hydrogen (secondary N) is 1. The number of aromatic hydroxyl groups is 2. The number of nitrogens with zero attached hydrogens (tertiary/aromatic N) is 3. The Bertz CT molecular complexity index is 1890. The van der Waals surface area contributed by atoms with E-state index in [4.69, 9.17) is 9.57 Å². The van der Waals surface area contributed by atoms with Crippen molar-refractivity contribution >= 4 is 23.8 Å². The maximum atomic E-state index is 15.0. The Labute approximate surface area is 321 Å². The summed E-state index contributed by atoms with van der Waals surface area (Å²) in [5.74, 6) is -1.25. The van der Waals surface area contributed by atoms with Crippen LogP contribution in [0.3, 0.4) is 0 Å². The molecule has 0 aromatic heterocycles. The van der Waals surface area contributed by atoms with Crippen LogP contribution in [-0.2, 0) is 49.6 Å². The van der Waals surface area contributed by atoms with E-state index in [1.165, 1.54) is 34.1 Å². The number of ether oxygens (including phenoxy) is 1. The zero-order valence-corrected chi connectivity index (χ0v) is 31.0. The van der Waals surface area contributed by atoms with Crippen molar-refractivity contribution in [3.8, 4) is 11.5 Å². The number of fused-ring (bicyclic) bond motifs is 1. The van der Waals surface area contributed by atoms with Gasteiger partial charge in [0.15, 0.2) is 12.3 Å². The molecular formula is C43H48N4O8. The molecule has 288 valence electrons. The first-order valence-corrected chi connectivity index (χ1v) is 18.9. The van der Waals surface area contributed by atoms with E-state index in [1.807, 2.05) is 67.6 Å². The van der Waals surface area contributed by atoms with E-state index in [-0.39, 0.29) is 43.9 Å². The molecule has 0 saturated carbocycles. The number of carbonyl (C=O) groups is 4. The summed E-state index contributed by atoms with van der Waals surface area (Å²) >= 11 is 0. The maximum Gasteiger partial charge on any atom is 0.436 e. The largest absolute Gasteiger partial charge is 0.508 e. The van der Waals surface area contributed by atoms with Gasteiger partial charge in [-0.1, -0.05) is 105 Å². The van der Waals surface area contributed by atoms with E-state index < -0.39 is 48.2 Å². The molecule has 2 fully saturated rings. The Morgan fingerprint density at radius 2 is 1.38 bits per heavy atom. The molecule has 2 saturated heterocycles. The average Bonchev–Trinajstić information content (AvgIpc) is 3.20. The highest BCUT2D eigenvalue weighted by Gasteiger charge is 2.55. The number of hydroxylamine groups is 2. The van der Waals surface area contributed by atoms with Crippen molar-refractivity contribution in [2.45, 2.75) is 76.2 Å². The second-order valence-electron chi connectivity index (χ2n) is 13.9. The summed E-state index contributed by atoms with van der Waals surface area (Å²) in [4.78, 5) is 66.8. The fraction of sp³-hybridized carbons (Fsp3) is 0.349. The van der Waals surface area contributed by atoms with Crippen LogP contribution < -0.4 is 5.32 Å². The molecule has 0 aliphatic carbocycles. The number of benzene rings is 4. The number of unbranched alkanes of at least 4 members (excludes halogenated alkanes) is 2. The lowest BCUT2D eigenvalue weighted by Crippen LogP contribution is -2.75. The van der Waals surface area contributed by atoms with Crippen LogP contribution in [0.5, 0.6) is 11.5 Å². The van der Waals surface area contributed by atoms with Gasteiger partial charge in [-0.05, 0) is 59.4 Å². The second kappa shape index (κ2) is 18.4. The van der Waals surface area contributed by atoms with Crippen LogP contribution in [0.2, 0.25) is 0 Å². The average molecular weight is 749 g/mol. The van der Waals surface area contributed by atoms with Crippen molar-refractivity contribution in [1.82, 2.24) is 20.2 Å². The summed E-state index contributed by atoms with van der Waals surface area (Å²) in [6, 6.07) is 29.6. The first-order valence-electron chi connectivity index (χ1n) is 18.9. The van der Waals surface area contributed by atoms with Gasteiger partial charge in [0.1, 0.15) is 23.6 Å². The number of piperazine rings is 1. The maximum absolute atomic E-state index is 15.0. The molecule has 0 radical (unpaired) electrons. The van der Waals surface area contributed by atoms with Crippen LogP contribution in [0.25, 0.3) is 0 Å². The number of phenols is 2. The highest BCUT2D eigenvalue weighted by molar-refractivity contribution is 5.95. The Kier molecular flexibility index (Phi) is 13.0. The molecule has 4 aromatic rings. The molecule has 12 heteroatoms. The lowest BCUT2D eigenvalue weighted by atomic mass is 9.94. The van der Waals surface area contributed by atoms with E-state index in [9.17, 15) is 29.4 Å². The third-order valence-electron chi connectivity index (χ3n) is 10.0. The third-order valence-corrected chi connectivity index (χ3v) is 10.0. The molecule has 4 atom stereocenters. The van der Waals surface area contributed by atoms with Crippen LogP contribution >= 0.6 is 0 Å². The molecule has 12 nitrogen and oxygen atoms in total. The summed E-state index contributed by atoms with van der Waals surface area (Å²) in [5, 5.41) is 24.1. The third kappa shape index (κ3) is 9.81. The van der Waals surface area contributed by atoms with Gasteiger partial charge in [0, 0.05) is 25.8 Å². The SMILES string of the molecule is CCCCCOC(=O)N1O[C@H](Cc2ccccc2)C(=O)N2C1CN([C@@H](Cc1ccc(O)cc1)C(=O)NCCc1ccccc1)C(=O)[C@@H]2Cc1ccc(O)cc1. The Hall–Kier alpha value is -5.88. The minimum Gasteiger partial charge on any atom is -0.508 e. The molecule has 6 rings (SSSR count). The molecule has 2 aliphatic heterocycles. The molecule has 0 bridgehead atoms. The lowest BCUT2D eigenvalue weighted by molar-refractivity contribution is -0.267. The van der Waals surface area contributed by atoms with Crippen LogP contribution in [0.4, 0.5) is 4.79 Å². The van der Waals surface area contributed by atoms with Crippen molar-refractivity contribution in [2.75, 3.05) is 19.7 Å². The summed E-state index contributed by atoms with van der Waals surface area (Å²) in [7, 11) is 0. The van der Waals surface area contributed by atoms with Crippen molar-refractivity contribution in [3.05, 3.63) is 131 Å². The summed E-state index contributed by atoms with van der Waals surface area (Å²) in [6.45, 7) is 2.26. The summed E-state index contributed by atoms with van der Waals surface area (Å²) in [5.41, 5.74) is 3.19. The molecule has 4 aromatic carbocycles. The van der Waals surface area contributed by atoms with E-state index in [1.54, 1.807) is 24.3 Å². The monoisotopic (exact) mass is 748 g/mol. The molecule has 3 N–H and O–H groups in total. The van der Waals surface area contributed by atoms with Gasteiger partial charge in [-0.3, -0.25) is 19.2 Å². The van der Waals surface area contributed by atoms with Crippen LogP contribution in [0.1, 0.15) is 48.4 Å². The van der Waals surface area contributed by atoms with Gasteiger partial charge in [-0.2, -0.15) is 5.06 Å². The fourth-order valence-electron chi connectivity index (χ4n) is 7.08. The predicted octanol–water partition coefficient (Wildman–Crippen LogP) is 5.16. The Morgan fingerprint density at radius 1 is 0.782 bits per heavy atom. The van der Waals surface area contributed by atoms with Crippen LogP contribution in [0.15, 0.2) is 109 Å². The zero-order valence-electron chi connectivity index (χ0n) is 31.0. The first-order chi connectivity index (χ1) is 26.7. The van der Waals surface area contributed by atoms with Gasteiger partial charge in [0.05, 0.1) is 13.2 Å². The predicted molar refractivity (Wildman–Crippen MR) is 204 cm³/mol. The quantitative estimate of drug-likeness (QED) is 0.141. The molecule has 2 aliphatic rings. The topological polar surface area (TPSA) is 149 Å². The number of amides is 4. The van der Waals surface area contributed by atoms with Gasteiger partial charge in [-0.15, -0.1) is 0 Å².